The zero-order valence-corrected chi connectivity index (χ0v) is 16.3. The third kappa shape index (κ3) is 2.65. The lowest BCUT2D eigenvalue weighted by atomic mass is 9.77. The Morgan fingerprint density at radius 3 is 2.86 bits per heavy atom. The molecule has 3 heterocycles. The molecule has 1 spiro atoms. The summed E-state index contributed by atoms with van der Waals surface area (Å²) < 4.78 is 0. The number of carbonyl (C=O) groups excluding carboxylic acids is 1. The highest BCUT2D eigenvalue weighted by Gasteiger charge is 2.46. The first-order valence-corrected chi connectivity index (χ1v) is 10.6. The van der Waals surface area contributed by atoms with Gasteiger partial charge in [0.1, 0.15) is 11.5 Å². The summed E-state index contributed by atoms with van der Waals surface area (Å²) in [4.78, 5) is 39.1. The van der Waals surface area contributed by atoms with Gasteiger partial charge in [0, 0.05) is 40.9 Å². The minimum Gasteiger partial charge on any atom is -0.351 e. The molecular weight excluding hydrogens is 364 g/mol. The van der Waals surface area contributed by atoms with Crippen molar-refractivity contribution in [3.05, 3.63) is 63.5 Å². The lowest BCUT2D eigenvalue weighted by Gasteiger charge is -2.40. The summed E-state index contributed by atoms with van der Waals surface area (Å²) in [6.07, 6.45) is 5.83. The first kappa shape index (κ1) is 17.0. The highest BCUT2D eigenvalue weighted by atomic mass is 16.2. The Hall–Kier alpha value is -2.89. The van der Waals surface area contributed by atoms with Crippen LogP contribution < -0.4 is 5.56 Å². The number of aromatic amines is 2. The molecule has 6 heteroatoms. The number of nitrogens with one attached hydrogen (secondary N) is 2. The standard InChI is InChI=1S/C23H24N4O2/c28-21-16-8-10-23(19(16)25-20(26-21)14-6-7-14)9-3-11-27(13-23)22(29)18-12-15-4-1-2-5-17(15)24-18/h1-2,4-5,12,14,24H,3,6-11,13H2,(H,25,26,28). The molecule has 1 saturated heterocycles. The van der Waals surface area contributed by atoms with Gasteiger partial charge < -0.3 is 14.9 Å². The first-order valence-electron chi connectivity index (χ1n) is 10.6. The van der Waals surface area contributed by atoms with Crippen LogP contribution in [0.15, 0.2) is 35.1 Å². The third-order valence-corrected chi connectivity index (χ3v) is 6.98. The Balaban J connectivity index is 1.34. The second-order valence-corrected chi connectivity index (χ2v) is 8.93. The maximum Gasteiger partial charge on any atom is 0.270 e. The number of fused-ring (bicyclic) bond motifs is 3. The molecule has 6 nitrogen and oxygen atoms in total. The molecule has 29 heavy (non-hydrogen) atoms. The molecule has 1 aromatic carbocycles. The Morgan fingerprint density at radius 2 is 2.03 bits per heavy atom. The molecule has 1 saturated carbocycles. The Morgan fingerprint density at radius 1 is 1.17 bits per heavy atom. The van der Waals surface area contributed by atoms with Gasteiger partial charge in [0.25, 0.3) is 11.5 Å². The molecule has 3 aromatic rings. The number of piperidine rings is 1. The quantitative estimate of drug-likeness (QED) is 0.707. The fraction of sp³-hybridized carbons (Fsp3) is 0.435. The van der Waals surface area contributed by atoms with Crippen LogP contribution in [-0.2, 0) is 11.8 Å². The number of rotatable bonds is 2. The SMILES string of the molecule is O=C(c1cc2ccccc2[nH]1)N1CCCC2(CCc3c2nc(C2CC2)[nH]c3=O)C1. The monoisotopic (exact) mass is 388 g/mol. The van der Waals surface area contributed by atoms with E-state index in [2.05, 4.69) is 9.97 Å². The molecule has 1 aliphatic heterocycles. The zero-order valence-electron chi connectivity index (χ0n) is 16.3. The van der Waals surface area contributed by atoms with E-state index in [4.69, 9.17) is 4.98 Å². The van der Waals surface area contributed by atoms with Crippen LogP contribution in [0, 0.1) is 0 Å². The van der Waals surface area contributed by atoms with Crippen LogP contribution in [0.1, 0.15) is 65.6 Å². The number of hydrogen-bond acceptors (Lipinski definition) is 3. The van der Waals surface area contributed by atoms with Gasteiger partial charge in [-0.25, -0.2) is 4.98 Å². The van der Waals surface area contributed by atoms with E-state index in [1.54, 1.807) is 0 Å². The second kappa shape index (κ2) is 6.05. The molecule has 2 aliphatic carbocycles. The molecule has 2 fully saturated rings. The Bertz CT molecular complexity index is 1160. The second-order valence-electron chi connectivity index (χ2n) is 8.93. The van der Waals surface area contributed by atoms with Crippen molar-refractivity contribution < 1.29 is 4.79 Å². The number of hydrogen-bond donors (Lipinski definition) is 2. The summed E-state index contributed by atoms with van der Waals surface area (Å²) in [5, 5.41) is 1.05. The topological polar surface area (TPSA) is 81.8 Å². The molecule has 0 bridgehead atoms. The number of benzene rings is 1. The van der Waals surface area contributed by atoms with Gasteiger partial charge in [0.15, 0.2) is 0 Å². The van der Waals surface area contributed by atoms with Gasteiger partial charge in [-0.2, -0.15) is 0 Å². The summed E-state index contributed by atoms with van der Waals surface area (Å²) in [6, 6.07) is 9.90. The molecule has 0 radical (unpaired) electrons. The fourth-order valence-electron chi connectivity index (χ4n) is 5.28. The van der Waals surface area contributed by atoms with E-state index in [-0.39, 0.29) is 16.9 Å². The lowest BCUT2D eigenvalue weighted by molar-refractivity contribution is 0.0628. The number of likely N-dealkylation sites (tertiary alicyclic amines) is 1. The molecule has 1 unspecified atom stereocenters. The van der Waals surface area contributed by atoms with Gasteiger partial charge in [-0.1, -0.05) is 18.2 Å². The van der Waals surface area contributed by atoms with Crippen molar-refractivity contribution in [2.24, 2.45) is 0 Å². The van der Waals surface area contributed by atoms with E-state index in [0.717, 1.165) is 73.1 Å². The third-order valence-electron chi connectivity index (χ3n) is 6.98. The summed E-state index contributed by atoms with van der Waals surface area (Å²) in [7, 11) is 0. The van der Waals surface area contributed by atoms with Crippen LogP contribution in [0.3, 0.4) is 0 Å². The largest absolute Gasteiger partial charge is 0.351 e. The van der Waals surface area contributed by atoms with E-state index in [1.807, 2.05) is 35.2 Å². The van der Waals surface area contributed by atoms with Crippen LogP contribution in [0.4, 0.5) is 0 Å². The average molecular weight is 388 g/mol. The molecule has 148 valence electrons. The summed E-state index contributed by atoms with van der Waals surface area (Å²) in [5.41, 5.74) is 3.29. The van der Waals surface area contributed by atoms with Gasteiger partial charge in [0.2, 0.25) is 0 Å². The van der Waals surface area contributed by atoms with Gasteiger partial charge in [0.05, 0.1) is 5.69 Å². The number of H-pyrrole nitrogens is 2. The van der Waals surface area contributed by atoms with E-state index in [0.29, 0.717) is 18.2 Å². The predicted octanol–water partition coefficient (Wildman–Crippen LogP) is 3.25. The van der Waals surface area contributed by atoms with E-state index < -0.39 is 0 Å². The average Bonchev–Trinajstić information content (AvgIpc) is 3.41. The van der Waals surface area contributed by atoms with E-state index in [1.165, 1.54) is 0 Å². The van der Waals surface area contributed by atoms with E-state index in [9.17, 15) is 9.59 Å². The van der Waals surface area contributed by atoms with Gasteiger partial charge >= 0.3 is 0 Å². The van der Waals surface area contributed by atoms with Crippen molar-refractivity contribution in [2.45, 2.75) is 49.9 Å². The maximum atomic E-state index is 13.3. The smallest absolute Gasteiger partial charge is 0.270 e. The van der Waals surface area contributed by atoms with Crippen molar-refractivity contribution in [1.29, 1.82) is 0 Å². The van der Waals surface area contributed by atoms with Crippen molar-refractivity contribution in [1.82, 2.24) is 19.9 Å². The first-order chi connectivity index (χ1) is 14.1. The van der Waals surface area contributed by atoms with Gasteiger partial charge in [-0.05, 0) is 50.7 Å². The number of nitrogens with zero attached hydrogens (tertiary/aromatic N) is 2. The van der Waals surface area contributed by atoms with Crippen molar-refractivity contribution in [3.8, 4) is 0 Å². The summed E-state index contributed by atoms with van der Waals surface area (Å²) in [6.45, 7) is 1.40. The number of aromatic nitrogens is 3. The maximum absolute atomic E-state index is 13.3. The summed E-state index contributed by atoms with van der Waals surface area (Å²) in [5.74, 6) is 1.31. The van der Waals surface area contributed by atoms with Crippen LogP contribution in [0.25, 0.3) is 10.9 Å². The van der Waals surface area contributed by atoms with Crippen molar-refractivity contribution in [3.63, 3.8) is 0 Å². The molecule has 6 rings (SSSR count). The van der Waals surface area contributed by atoms with Crippen LogP contribution in [0.5, 0.6) is 0 Å². The van der Waals surface area contributed by atoms with Gasteiger partial charge in [-0.3, -0.25) is 9.59 Å². The molecule has 1 atom stereocenters. The van der Waals surface area contributed by atoms with E-state index >= 15 is 0 Å². The van der Waals surface area contributed by atoms with Crippen molar-refractivity contribution in [2.75, 3.05) is 13.1 Å². The number of carbonyl (C=O) groups is 1. The molecule has 2 N–H and O–H groups in total. The number of amides is 1. The minimum absolute atomic E-state index is 0.0350. The van der Waals surface area contributed by atoms with Crippen molar-refractivity contribution >= 4 is 16.8 Å². The zero-order chi connectivity index (χ0) is 19.6. The normalized spacial score (nSPS) is 23.7. The highest BCUT2D eigenvalue weighted by Crippen LogP contribution is 2.45. The predicted molar refractivity (Wildman–Crippen MR) is 110 cm³/mol. The Labute approximate surface area is 168 Å². The Kier molecular flexibility index (Phi) is 3.55. The highest BCUT2D eigenvalue weighted by molar-refractivity contribution is 5.98. The number of para-hydroxylation sites is 1. The lowest BCUT2D eigenvalue weighted by Crippen LogP contribution is -2.48. The van der Waals surface area contributed by atoms with Crippen LogP contribution >= 0.6 is 0 Å². The molecular formula is C23H24N4O2. The molecule has 2 aromatic heterocycles. The van der Waals surface area contributed by atoms with Crippen LogP contribution in [-0.4, -0.2) is 38.8 Å². The van der Waals surface area contributed by atoms with Crippen LogP contribution in [0.2, 0.25) is 0 Å². The summed E-state index contributed by atoms with van der Waals surface area (Å²) >= 11 is 0. The minimum atomic E-state index is -0.173. The van der Waals surface area contributed by atoms with Gasteiger partial charge in [-0.15, -0.1) is 0 Å². The fourth-order valence-corrected chi connectivity index (χ4v) is 5.28. The molecule has 3 aliphatic rings. The molecule has 1 amide bonds.